The van der Waals surface area contributed by atoms with Crippen LogP contribution in [-0.2, 0) is 16.0 Å². The predicted octanol–water partition coefficient (Wildman–Crippen LogP) is 2.93. The maximum Gasteiger partial charge on any atom is 0.307 e. The Hall–Kier alpha value is -2.17. The molecule has 1 saturated carbocycles. The van der Waals surface area contributed by atoms with E-state index in [0.717, 1.165) is 25.7 Å². The van der Waals surface area contributed by atoms with Gasteiger partial charge in [-0.3, -0.25) is 14.4 Å². The molecule has 1 N–H and O–H groups in total. The topological polar surface area (TPSA) is 74.7 Å². The van der Waals surface area contributed by atoms with Crippen LogP contribution in [0.5, 0.6) is 0 Å². The van der Waals surface area contributed by atoms with Crippen LogP contribution >= 0.6 is 0 Å². The van der Waals surface area contributed by atoms with Crippen LogP contribution in [0, 0.1) is 11.3 Å². The Bertz CT molecular complexity index is 671. The van der Waals surface area contributed by atoms with Gasteiger partial charge in [-0.15, -0.1) is 0 Å². The fourth-order valence-electron chi connectivity index (χ4n) is 3.90. The summed E-state index contributed by atoms with van der Waals surface area (Å²) in [5.41, 5.74) is 1.78. The maximum atomic E-state index is 12.3. The Morgan fingerprint density at radius 1 is 1.12 bits per heavy atom. The van der Waals surface area contributed by atoms with Crippen molar-refractivity contribution in [2.45, 2.75) is 45.4 Å². The number of nitrogens with zero attached hydrogens (tertiary/aromatic N) is 1. The van der Waals surface area contributed by atoms with Crippen molar-refractivity contribution in [1.82, 2.24) is 4.90 Å². The molecule has 2 aliphatic rings. The minimum absolute atomic E-state index is 0.000836. The zero-order chi connectivity index (χ0) is 18.0. The molecule has 3 rings (SSSR count). The molecule has 1 aliphatic carbocycles. The number of carbonyl (C=O) groups is 3. The molecule has 1 heterocycles. The molecule has 1 saturated heterocycles. The number of aryl methyl sites for hydroxylation is 1. The van der Waals surface area contributed by atoms with Gasteiger partial charge in [0.05, 0.1) is 5.92 Å². The quantitative estimate of drug-likeness (QED) is 0.806. The first-order valence-electron chi connectivity index (χ1n) is 9.08. The zero-order valence-corrected chi connectivity index (χ0v) is 14.7. The van der Waals surface area contributed by atoms with Crippen molar-refractivity contribution >= 4 is 17.7 Å². The Labute approximate surface area is 148 Å². The molecule has 5 nitrogen and oxygen atoms in total. The third kappa shape index (κ3) is 3.75. The molecule has 1 aromatic rings. The summed E-state index contributed by atoms with van der Waals surface area (Å²) in [6.45, 7) is 3.29. The van der Waals surface area contributed by atoms with Crippen LogP contribution in [0.2, 0.25) is 0 Å². The normalized spacial score (nSPS) is 21.2. The number of aliphatic carboxylic acids is 1. The van der Waals surface area contributed by atoms with Crippen LogP contribution in [0.15, 0.2) is 24.3 Å². The third-order valence-corrected chi connectivity index (χ3v) is 5.85. The second kappa shape index (κ2) is 6.98. The second-order valence-corrected chi connectivity index (χ2v) is 7.31. The van der Waals surface area contributed by atoms with Gasteiger partial charge in [-0.05, 0) is 36.7 Å². The standard InChI is InChI=1S/C20H25NO4/c1-2-14-3-5-15(6-4-14)17(22)7-8-18(23)21-11-9-20(10-12-21)13-16(20)19(24)25/h3-6,16H,2,7-13H2,1H3,(H,24,25). The molecule has 1 amide bonds. The lowest BCUT2D eigenvalue weighted by atomic mass is 9.90. The number of ketones is 1. The highest BCUT2D eigenvalue weighted by molar-refractivity contribution is 5.98. The minimum atomic E-state index is -0.709. The largest absolute Gasteiger partial charge is 0.481 e. The minimum Gasteiger partial charge on any atom is -0.481 e. The molecule has 1 atom stereocenters. The molecule has 0 radical (unpaired) electrons. The average Bonchev–Trinajstić information content (AvgIpc) is 3.34. The molecule has 2 fully saturated rings. The number of carbonyl (C=O) groups excluding carboxylic acids is 2. The van der Waals surface area contributed by atoms with Crippen molar-refractivity contribution in [2.24, 2.45) is 11.3 Å². The third-order valence-electron chi connectivity index (χ3n) is 5.85. The summed E-state index contributed by atoms with van der Waals surface area (Å²) in [7, 11) is 0. The first-order valence-corrected chi connectivity index (χ1v) is 9.08. The molecule has 1 aliphatic heterocycles. The number of carboxylic acids is 1. The lowest BCUT2D eigenvalue weighted by molar-refractivity contribution is -0.139. The van der Waals surface area contributed by atoms with E-state index in [1.165, 1.54) is 5.56 Å². The predicted molar refractivity (Wildman–Crippen MR) is 93.4 cm³/mol. The molecule has 5 heteroatoms. The number of amides is 1. The lowest BCUT2D eigenvalue weighted by Gasteiger charge is -2.32. The van der Waals surface area contributed by atoms with Crippen molar-refractivity contribution in [2.75, 3.05) is 13.1 Å². The zero-order valence-electron chi connectivity index (χ0n) is 14.7. The van der Waals surface area contributed by atoms with E-state index in [0.29, 0.717) is 18.7 Å². The van der Waals surface area contributed by atoms with Gasteiger partial charge in [0.1, 0.15) is 0 Å². The SMILES string of the molecule is CCc1ccc(C(=O)CCC(=O)N2CCC3(CC2)CC3C(=O)O)cc1. The summed E-state index contributed by atoms with van der Waals surface area (Å²) in [6.07, 6.45) is 3.67. The number of hydrogen-bond acceptors (Lipinski definition) is 3. The van der Waals surface area contributed by atoms with E-state index in [1.54, 1.807) is 4.90 Å². The Morgan fingerprint density at radius 2 is 1.76 bits per heavy atom. The number of rotatable bonds is 6. The molecule has 0 bridgehead atoms. The number of hydrogen-bond donors (Lipinski definition) is 1. The van der Waals surface area contributed by atoms with Gasteiger partial charge >= 0.3 is 5.97 Å². The molecule has 134 valence electrons. The number of piperidine rings is 1. The summed E-state index contributed by atoms with van der Waals surface area (Å²) < 4.78 is 0. The summed E-state index contributed by atoms with van der Waals surface area (Å²) >= 11 is 0. The molecule has 1 unspecified atom stereocenters. The Kier molecular flexibility index (Phi) is 4.93. The fraction of sp³-hybridized carbons (Fsp3) is 0.550. The van der Waals surface area contributed by atoms with Gasteiger partial charge in [0, 0.05) is 31.5 Å². The first kappa shape index (κ1) is 17.6. The van der Waals surface area contributed by atoms with Crippen molar-refractivity contribution in [3.05, 3.63) is 35.4 Å². The maximum absolute atomic E-state index is 12.3. The van der Waals surface area contributed by atoms with Gasteiger partial charge in [-0.25, -0.2) is 0 Å². The molecule has 1 spiro atoms. The van der Waals surface area contributed by atoms with E-state index >= 15 is 0 Å². The van der Waals surface area contributed by atoms with Gasteiger partial charge in [-0.1, -0.05) is 31.2 Å². The molecular formula is C20H25NO4. The smallest absolute Gasteiger partial charge is 0.307 e. The van der Waals surface area contributed by atoms with Crippen molar-refractivity contribution in [3.8, 4) is 0 Å². The van der Waals surface area contributed by atoms with Crippen LogP contribution < -0.4 is 0 Å². The van der Waals surface area contributed by atoms with Crippen LogP contribution in [-0.4, -0.2) is 40.8 Å². The summed E-state index contributed by atoms with van der Waals surface area (Å²) in [6, 6.07) is 7.56. The molecule has 1 aromatic carbocycles. The van der Waals surface area contributed by atoms with Crippen LogP contribution in [0.4, 0.5) is 0 Å². The van der Waals surface area contributed by atoms with E-state index in [1.807, 2.05) is 24.3 Å². The molecule has 25 heavy (non-hydrogen) atoms. The van der Waals surface area contributed by atoms with Gasteiger partial charge in [0.2, 0.25) is 5.91 Å². The Balaban J connectivity index is 1.45. The van der Waals surface area contributed by atoms with E-state index in [2.05, 4.69) is 6.92 Å². The summed E-state index contributed by atoms with van der Waals surface area (Å²) in [4.78, 5) is 37.4. The van der Waals surface area contributed by atoms with Gasteiger partial charge < -0.3 is 10.0 Å². The summed E-state index contributed by atoms with van der Waals surface area (Å²) in [5, 5.41) is 9.11. The van der Waals surface area contributed by atoms with Crippen LogP contribution in [0.3, 0.4) is 0 Å². The molecular weight excluding hydrogens is 318 g/mol. The fourth-order valence-corrected chi connectivity index (χ4v) is 3.90. The number of benzene rings is 1. The van der Waals surface area contributed by atoms with Crippen LogP contribution in [0.25, 0.3) is 0 Å². The highest BCUT2D eigenvalue weighted by atomic mass is 16.4. The first-order chi connectivity index (χ1) is 11.9. The van der Waals surface area contributed by atoms with Gasteiger partial charge in [0.15, 0.2) is 5.78 Å². The van der Waals surface area contributed by atoms with Crippen molar-refractivity contribution < 1.29 is 19.5 Å². The highest BCUT2D eigenvalue weighted by Gasteiger charge is 2.59. The van der Waals surface area contributed by atoms with Gasteiger partial charge in [-0.2, -0.15) is 0 Å². The number of likely N-dealkylation sites (tertiary alicyclic amines) is 1. The monoisotopic (exact) mass is 343 g/mol. The number of carboxylic acid groups (broad SMARTS) is 1. The van der Waals surface area contributed by atoms with E-state index in [4.69, 9.17) is 5.11 Å². The highest BCUT2D eigenvalue weighted by Crippen LogP contribution is 2.59. The van der Waals surface area contributed by atoms with E-state index < -0.39 is 5.97 Å². The average molecular weight is 343 g/mol. The summed E-state index contributed by atoms with van der Waals surface area (Å²) in [5.74, 6) is -0.935. The lowest BCUT2D eigenvalue weighted by Crippen LogP contribution is -2.40. The van der Waals surface area contributed by atoms with Gasteiger partial charge in [0.25, 0.3) is 0 Å². The van der Waals surface area contributed by atoms with E-state index in [-0.39, 0.29) is 35.9 Å². The Morgan fingerprint density at radius 3 is 2.28 bits per heavy atom. The number of Topliss-reactive ketones (excluding diaryl/α,β-unsaturated/α-hetero) is 1. The van der Waals surface area contributed by atoms with E-state index in [9.17, 15) is 14.4 Å². The second-order valence-electron chi connectivity index (χ2n) is 7.31. The molecule has 0 aromatic heterocycles. The van der Waals surface area contributed by atoms with Crippen LogP contribution in [0.1, 0.15) is 54.9 Å². The van der Waals surface area contributed by atoms with Crippen molar-refractivity contribution in [3.63, 3.8) is 0 Å². The van der Waals surface area contributed by atoms with Crippen molar-refractivity contribution in [1.29, 1.82) is 0 Å².